The van der Waals surface area contributed by atoms with Crippen molar-refractivity contribution in [3.05, 3.63) is 75.7 Å². The van der Waals surface area contributed by atoms with E-state index in [1.54, 1.807) is 43.5 Å². The number of hydrazone groups is 1. The van der Waals surface area contributed by atoms with Gasteiger partial charge in [0.25, 0.3) is 5.91 Å². The van der Waals surface area contributed by atoms with Gasteiger partial charge in [0, 0.05) is 41.0 Å². The molecule has 0 fully saturated rings. The molecule has 0 aliphatic rings. The molecule has 0 aliphatic carbocycles. The smallest absolute Gasteiger partial charge is 0.416 e. The highest BCUT2D eigenvalue weighted by molar-refractivity contribution is 5.84. The Morgan fingerprint density at radius 1 is 1.25 bits per heavy atom. The summed E-state index contributed by atoms with van der Waals surface area (Å²) in [5.74, 6) is -0.563. The monoisotopic (exact) mass is 499 g/mol. The summed E-state index contributed by atoms with van der Waals surface area (Å²) in [6, 6.07) is 10.5. The Bertz CT molecular complexity index is 1340. The molecule has 0 aliphatic heterocycles. The second kappa shape index (κ2) is 11.0. The molecule has 0 radical (unpaired) electrons. The fraction of sp³-hybridized carbons (Fsp3) is 0.280. The number of carbonyl (C=O) groups excluding carboxylic acids is 1. The number of hydrogen-bond acceptors (Lipinski definition) is 6. The molecular weight excluding hydrogens is 475 g/mol. The number of nitriles is 1. The van der Waals surface area contributed by atoms with Crippen LogP contribution in [0.25, 0.3) is 5.69 Å². The number of methoxy groups -OCH3 is 1. The van der Waals surface area contributed by atoms with E-state index in [0.29, 0.717) is 33.9 Å². The third-order valence-corrected chi connectivity index (χ3v) is 5.24. The van der Waals surface area contributed by atoms with E-state index in [-0.39, 0.29) is 18.1 Å². The van der Waals surface area contributed by atoms with Crippen LogP contribution in [0.5, 0.6) is 5.88 Å². The van der Waals surface area contributed by atoms with E-state index in [2.05, 4.69) is 15.5 Å². The molecule has 0 atom stereocenters. The highest BCUT2D eigenvalue weighted by Crippen LogP contribution is 2.31. The van der Waals surface area contributed by atoms with E-state index in [9.17, 15) is 23.2 Å². The lowest BCUT2D eigenvalue weighted by atomic mass is 10.1. The van der Waals surface area contributed by atoms with Crippen molar-refractivity contribution in [2.75, 3.05) is 13.7 Å². The lowest BCUT2D eigenvalue weighted by Gasteiger charge is -2.13. The molecule has 0 unspecified atom stereocenters. The SMILES string of the molecule is COCc1cc(C)nc(OCC(=O)N/N=C\c2cc(C)n(-c3cccc(C(F)(F)F)c3)c2C)c1C#N. The topological polar surface area (TPSA) is 102 Å². The molecule has 0 bridgehead atoms. The number of aryl methyl sites for hydroxylation is 2. The summed E-state index contributed by atoms with van der Waals surface area (Å²) in [7, 11) is 1.50. The quantitative estimate of drug-likeness (QED) is 0.367. The Morgan fingerprint density at radius 2 is 2.00 bits per heavy atom. The van der Waals surface area contributed by atoms with Crippen LogP contribution in [0.1, 0.15) is 39.3 Å². The van der Waals surface area contributed by atoms with Crippen molar-refractivity contribution in [2.24, 2.45) is 5.10 Å². The number of alkyl halides is 3. The molecule has 1 amide bonds. The molecule has 2 aromatic heterocycles. The van der Waals surface area contributed by atoms with Gasteiger partial charge in [-0.15, -0.1) is 0 Å². The number of nitrogens with zero attached hydrogens (tertiary/aromatic N) is 4. The van der Waals surface area contributed by atoms with Crippen molar-refractivity contribution in [2.45, 2.75) is 33.6 Å². The van der Waals surface area contributed by atoms with Crippen molar-refractivity contribution < 1.29 is 27.4 Å². The van der Waals surface area contributed by atoms with Crippen LogP contribution in [0.4, 0.5) is 13.2 Å². The van der Waals surface area contributed by atoms with Gasteiger partial charge >= 0.3 is 6.18 Å². The third-order valence-electron chi connectivity index (χ3n) is 5.24. The van der Waals surface area contributed by atoms with Gasteiger partial charge in [-0.25, -0.2) is 10.4 Å². The molecule has 1 N–H and O–H groups in total. The van der Waals surface area contributed by atoms with Gasteiger partial charge < -0.3 is 14.0 Å². The van der Waals surface area contributed by atoms with Gasteiger partial charge in [-0.1, -0.05) is 6.07 Å². The lowest BCUT2D eigenvalue weighted by Crippen LogP contribution is -2.25. The van der Waals surface area contributed by atoms with E-state index >= 15 is 0 Å². The predicted octanol–water partition coefficient (Wildman–Crippen LogP) is 4.36. The molecular formula is C25H24F3N5O3. The summed E-state index contributed by atoms with van der Waals surface area (Å²) < 4.78 is 51.5. The van der Waals surface area contributed by atoms with E-state index in [0.717, 1.165) is 12.1 Å². The fourth-order valence-electron chi connectivity index (χ4n) is 3.68. The number of hydrogen-bond donors (Lipinski definition) is 1. The summed E-state index contributed by atoms with van der Waals surface area (Å²) in [4.78, 5) is 16.4. The van der Waals surface area contributed by atoms with Crippen LogP contribution in [-0.2, 0) is 22.3 Å². The number of ether oxygens (including phenoxy) is 2. The van der Waals surface area contributed by atoms with E-state index in [4.69, 9.17) is 9.47 Å². The largest absolute Gasteiger partial charge is 0.467 e. The molecule has 3 aromatic rings. The van der Waals surface area contributed by atoms with Crippen LogP contribution in [0.2, 0.25) is 0 Å². The van der Waals surface area contributed by atoms with Crippen LogP contribution < -0.4 is 10.2 Å². The minimum atomic E-state index is -4.45. The molecule has 8 nitrogen and oxygen atoms in total. The van der Waals surface area contributed by atoms with Gasteiger partial charge in [-0.2, -0.15) is 23.5 Å². The maximum Gasteiger partial charge on any atom is 0.416 e. The summed E-state index contributed by atoms with van der Waals surface area (Å²) in [6.45, 7) is 4.99. The van der Waals surface area contributed by atoms with E-state index in [1.165, 1.54) is 19.4 Å². The number of nitrogens with one attached hydrogen (secondary N) is 1. The normalized spacial score (nSPS) is 11.5. The minimum absolute atomic E-state index is 0.0216. The lowest BCUT2D eigenvalue weighted by molar-refractivity contribution is -0.137. The van der Waals surface area contributed by atoms with Gasteiger partial charge in [-0.05, 0) is 51.1 Å². The molecule has 0 saturated heterocycles. The summed E-state index contributed by atoms with van der Waals surface area (Å²) in [5, 5.41) is 13.4. The minimum Gasteiger partial charge on any atom is -0.467 e. The first-order valence-electron chi connectivity index (χ1n) is 10.8. The molecule has 2 heterocycles. The van der Waals surface area contributed by atoms with Gasteiger partial charge in [0.2, 0.25) is 5.88 Å². The first-order chi connectivity index (χ1) is 17.0. The molecule has 0 spiro atoms. The third kappa shape index (κ3) is 6.09. The standard InChI is InChI=1S/C25H24F3N5O3/c1-15-8-19(13-35-4)22(11-29)24(31-15)36-14-23(34)32-30-12-18-9-16(2)33(17(18)3)21-7-5-6-20(10-21)25(26,27)28/h5-10,12H,13-14H2,1-4H3,(H,32,34)/b30-12-. The Kier molecular flexibility index (Phi) is 8.11. The van der Waals surface area contributed by atoms with E-state index in [1.807, 2.05) is 6.07 Å². The second-order valence-electron chi connectivity index (χ2n) is 7.94. The fourth-order valence-corrected chi connectivity index (χ4v) is 3.68. The molecule has 11 heteroatoms. The van der Waals surface area contributed by atoms with Crippen molar-refractivity contribution in [1.82, 2.24) is 15.0 Å². The molecule has 3 rings (SSSR count). The Morgan fingerprint density at radius 3 is 2.67 bits per heavy atom. The number of pyridine rings is 1. The number of halogens is 3. The summed E-state index contributed by atoms with van der Waals surface area (Å²) >= 11 is 0. The van der Waals surface area contributed by atoms with Crippen LogP contribution in [0.3, 0.4) is 0 Å². The van der Waals surface area contributed by atoms with Crippen LogP contribution in [0.15, 0.2) is 41.5 Å². The van der Waals surface area contributed by atoms with Crippen molar-refractivity contribution in [3.63, 3.8) is 0 Å². The summed E-state index contributed by atoms with van der Waals surface area (Å²) in [6.07, 6.45) is -3.05. The maximum absolute atomic E-state index is 13.1. The highest BCUT2D eigenvalue weighted by atomic mass is 19.4. The molecule has 0 saturated carbocycles. The van der Waals surface area contributed by atoms with Crippen molar-refractivity contribution in [1.29, 1.82) is 5.26 Å². The number of carbonyl (C=O) groups is 1. The average Bonchev–Trinajstić information content (AvgIpc) is 3.10. The van der Waals surface area contributed by atoms with Gasteiger partial charge in [0.1, 0.15) is 11.6 Å². The Balaban J connectivity index is 1.69. The highest BCUT2D eigenvalue weighted by Gasteiger charge is 2.30. The van der Waals surface area contributed by atoms with Crippen molar-refractivity contribution in [3.8, 4) is 17.6 Å². The number of aromatic nitrogens is 2. The molecule has 188 valence electrons. The maximum atomic E-state index is 13.1. The predicted molar refractivity (Wildman–Crippen MR) is 126 cm³/mol. The summed E-state index contributed by atoms with van der Waals surface area (Å²) in [5.41, 5.74) is 5.29. The zero-order valence-electron chi connectivity index (χ0n) is 20.1. The molecule has 36 heavy (non-hydrogen) atoms. The average molecular weight is 499 g/mol. The van der Waals surface area contributed by atoms with E-state index < -0.39 is 24.3 Å². The van der Waals surface area contributed by atoms with Crippen LogP contribution >= 0.6 is 0 Å². The Hall–Kier alpha value is -4.17. The second-order valence-corrected chi connectivity index (χ2v) is 7.94. The van der Waals surface area contributed by atoms with Crippen molar-refractivity contribution >= 4 is 12.1 Å². The first-order valence-corrected chi connectivity index (χ1v) is 10.8. The number of rotatable bonds is 8. The zero-order valence-corrected chi connectivity index (χ0v) is 20.1. The number of benzene rings is 1. The molecule has 1 aromatic carbocycles. The van der Waals surface area contributed by atoms with Gasteiger partial charge in [0.15, 0.2) is 6.61 Å². The van der Waals surface area contributed by atoms with Gasteiger partial charge in [-0.3, -0.25) is 4.79 Å². The first kappa shape index (κ1) is 26.4. The number of amides is 1. The van der Waals surface area contributed by atoms with Crippen LogP contribution in [0, 0.1) is 32.1 Å². The van der Waals surface area contributed by atoms with Crippen LogP contribution in [-0.4, -0.2) is 35.4 Å². The Labute approximate surface area is 206 Å². The van der Waals surface area contributed by atoms with Gasteiger partial charge in [0.05, 0.1) is 18.4 Å². The zero-order chi connectivity index (χ0) is 26.5.